The second-order valence-electron chi connectivity index (χ2n) is 3.89. The quantitative estimate of drug-likeness (QED) is 0.773. The smallest absolute Gasteiger partial charge is 0.164 e. The third kappa shape index (κ3) is 3.15. The second-order valence-corrected chi connectivity index (χ2v) is 3.89. The van der Waals surface area contributed by atoms with Gasteiger partial charge in [-0.2, -0.15) is 0 Å². The Bertz CT molecular complexity index is 328. The summed E-state index contributed by atoms with van der Waals surface area (Å²) in [6.45, 7) is 1.54. The lowest BCUT2D eigenvalue weighted by molar-refractivity contribution is -0.145. The molecule has 0 bridgehead atoms. The van der Waals surface area contributed by atoms with Gasteiger partial charge in [0.05, 0.1) is 19.8 Å². The van der Waals surface area contributed by atoms with Gasteiger partial charge in [-0.3, -0.25) is 4.79 Å². The number of aryl methyl sites for hydroxylation is 1. The van der Waals surface area contributed by atoms with E-state index >= 15 is 0 Å². The molecule has 2 rings (SSSR count). The summed E-state index contributed by atoms with van der Waals surface area (Å²) < 4.78 is 10.6. The molecular weight excluding hydrogens is 204 g/mol. The maximum Gasteiger partial charge on any atom is 0.164 e. The van der Waals surface area contributed by atoms with Gasteiger partial charge in [0.25, 0.3) is 0 Å². The number of hydrogen-bond acceptors (Lipinski definition) is 3. The highest BCUT2D eigenvalue weighted by Crippen LogP contribution is 2.08. The van der Waals surface area contributed by atoms with Gasteiger partial charge in [-0.15, -0.1) is 0 Å². The Hall–Kier alpha value is -1.19. The number of benzene rings is 1. The van der Waals surface area contributed by atoms with Crippen LogP contribution >= 0.6 is 0 Å². The summed E-state index contributed by atoms with van der Waals surface area (Å²) in [5, 5.41) is 0. The Morgan fingerprint density at radius 1 is 1.25 bits per heavy atom. The predicted molar refractivity (Wildman–Crippen MR) is 60.3 cm³/mol. The fraction of sp³-hybridized carbons (Fsp3) is 0.462. The molecule has 1 fully saturated rings. The van der Waals surface area contributed by atoms with E-state index in [4.69, 9.17) is 9.47 Å². The molecule has 0 saturated carbocycles. The van der Waals surface area contributed by atoms with E-state index in [2.05, 4.69) is 0 Å². The molecule has 3 nitrogen and oxygen atoms in total. The molecule has 3 heteroatoms. The summed E-state index contributed by atoms with van der Waals surface area (Å²) >= 11 is 0. The Kier molecular flexibility index (Phi) is 4.08. The van der Waals surface area contributed by atoms with Crippen molar-refractivity contribution in [2.45, 2.75) is 18.9 Å². The van der Waals surface area contributed by atoms with Crippen LogP contribution in [-0.4, -0.2) is 31.7 Å². The molecule has 1 atom stereocenters. The molecule has 0 amide bonds. The molecule has 86 valence electrons. The maximum absolute atomic E-state index is 11.8. The van der Waals surface area contributed by atoms with Crippen molar-refractivity contribution in [1.29, 1.82) is 0 Å². The molecule has 0 radical (unpaired) electrons. The summed E-state index contributed by atoms with van der Waals surface area (Å²) in [6, 6.07) is 10.0. The largest absolute Gasteiger partial charge is 0.376 e. The van der Waals surface area contributed by atoms with Gasteiger partial charge < -0.3 is 9.47 Å². The molecule has 1 aliphatic rings. The molecule has 1 aromatic carbocycles. The van der Waals surface area contributed by atoms with E-state index in [9.17, 15) is 4.79 Å². The standard InChI is InChI=1S/C13H16O3/c14-12(13-10-15-8-9-16-13)7-6-11-4-2-1-3-5-11/h1-5,13H,6-10H2. The van der Waals surface area contributed by atoms with Crippen LogP contribution in [0.5, 0.6) is 0 Å². The van der Waals surface area contributed by atoms with E-state index < -0.39 is 0 Å². The van der Waals surface area contributed by atoms with Crippen LogP contribution < -0.4 is 0 Å². The minimum Gasteiger partial charge on any atom is -0.376 e. The van der Waals surface area contributed by atoms with Crippen molar-refractivity contribution in [2.75, 3.05) is 19.8 Å². The fourth-order valence-corrected chi connectivity index (χ4v) is 1.75. The molecule has 1 saturated heterocycles. The van der Waals surface area contributed by atoms with Gasteiger partial charge in [-0.25, -0.2) is 0 Å². The van der Waals surface area contributed by atoms with Crippen molar-refractivity contribution < 1.29 is 14.3 Å². The first kappa shape index (κ1) is 11.3. The number of rotatable bonds is 4. The fourth-order valence-electron chi connectivity index (χ4n) is 1.75. The van der Waals surface area contributed by atoms with E-state index in [-0.39, 0.29) is 11.9 Å². The Labute approximate surface area is 95.4 Å². The molecule has 0 N–H and O–H groups in total. The lowest BCUT2D eigenvalue weighted by atomic mass is 10.0. The van der Waals surface area contributed by atoms with Crippen LogP contribution in [0.15, 0.2) is 30.3 Å². The van der Waals surface area contributed by atoms with E-state index in [1.807, 2.05) is 30.3 Å². The van der Waals surface area contributed by atoms with E-state index in [1.165, 1.54) is 5.56 Å². The van der Waals surface area contributed by atoms with Gasteiger partial charge >= 0.3 is 0 Å². The Morgan fingerprint density at radius 3 is 2.75 bits per heavy atom. The summed E-state index contributed by atoms with van der Waals surface area (Å²) in [7, 11) is 0. The average Bonchev–Trinajstić information content (AvgIpc) is 2.38. The van der Waals surface area contributed by atoms with Crippen LogP contribution in [0.25, 0.3) is 0 Å². The lowest BCUT2D eigenvalue weighted by Crippen LogP contribution is -2.35. The van der Waals surface area contributed by atoms with Crippen LogP contribution in [0.3, 0.4) is 0 Å². The zero-order valence-electron chi connectivity index (χ0n) is 9.22. The molecular formula is C13H16O3. The molecule has 1 unspecified atom stereocenters. The van der Waals surface area contributed by atoms with Crippen LogP contribution in [0, 0.1) is 0 Å². The number of carbonyl (C=O) groups excluding carboxylic acids is 1. The Balaban J connectivity index is 1.79. The van der Waals surface area contributed by atoms with E-state index in [0.717, 1.165) is 6.42 Å². The van der Waals surface area contributed by atoms with Crippen LogP contribution in [0.1, 0.15) is 12.0 Å². The summed E-state index contributed by atoms with van der Waals surface area (Å²) in [5.41, 5.74) is 1.19. The van der Waals surface area contributed by atoms with Crippen molar-refractivity contribution in [2.24, 2.45) is 0 Å². The van der Waals surface area contributed by atoms with Crippen molar-refractivity contribution in [3.05, 3.63) is 35.9 Å². The van der Waals surface area contributed by atoms with Gasteiger partial charge in [0.1, 0.15) is 6.10 Å². The van der Waals surface area contributed by atoms with Crippen molar-refractivity contribution in [1.82, 2.24) is 0 Å². The summed E-state index contributed by atoms with van der Waals surface area (Å²) in [6.07, 6.45) is 0.954. The highest BCUT2D eigenvalue weighted by Gasteiger charge is 2.21. The first-order valence-corrected chi connectivity index (χ1v) is 5.62. The van der Waals surface area contributed by atoms with Gasteiger partial charge in [-0.1, -0.05) is 30.3 Å². The number of Topliss-reactive ketones (excluding diaryl/α,β-unsaturated/α-hetero) is 1. The number of ether oxygens (including phenoxy) is 2. The first-order valence-electron chi connectivity index (χ1n) is 5.62. The van der Waals surface area contributed by atoms with E-state index in [0.29, 0.717) is 26.2 Å². The van der Waals surface area contributed by atoms with Crippen LogP contribution in [0.4, 0.5) is 0 Å². The third-order valence-corrected chi connectivity index (χ3v) is 2.68. The molecule has 1 aromatic rings. The minimum atomic E-state index is -0.350. The van der Waals surface area contributed by atoms with Gasteiger partial charge in [0.15, 0.2) is 5.78 Å². The molecule has 0 aliphatic carbocycles. The highest BCUT2D eigenvalue weighted by molar-refractivity contribution is 5.83. The topological polar surface area (TPSA) is 35.5 Å². The van der Waals surface area contributed by atoms with Crippen LogP contribution in [-0.2, 0) is 20.7 Å². The SMILES string of the molecule is O=C(CCc1ccccc1)C1COCCO1. The maximum atomic E-state index is 11.8. The first-order chi connectivity index (χ1) is 7.86. The van der Waals surface area contributed by atoms with E-state index in [1.54, 1.807) is 0 Å². The highest BCUT2D eigenvalue weighted by atomic mass is 16.6. The summed E-state index contributed by atoms with van der Waals surface area (Å²) in [5.74, 6) is 0.142. The second kappa shape index (κ2) is 5.77. The van der Waals surface area contributed by atoms with Gasteiger partial charge in [0.2, 0.25) is 0 Å². The zero-order chi connectivity index (χ0) is 11.2. The summed E-state index contributed by atoms with van der Waals surface area (Å²) in [4.78, 5) is 11.8. The molecule has 1 aliphatic heterocycles. The van der Waals surface area contributed by atoms with Crippen molar-refractivity contribution >= 4 is 5.78 Å². The molecule has 0 spiro atoms. The number of hydrogen-bond donors (Lipinski definition) is 0. The Morgan fingerprint density at radius 2 is 2.06 bits per heavy atom. The minimum absolute atomic E-state index is 0.142. The molecule has 1 heterocycles. The van der Waals surface area contributed by atoms with Gasteiger partial charge in [0, 0.05) is 6.42 Å². The average molecular weight is 220 g/mol. The van der Waals surface area contributed by atoms with Crippen LogP contribution in [0.2, 0.25) is 0 Å². The van der Waals surface area contributed by atoms with Gasteiger partial charge in [-0.05, 0) is 12.0 Å². The third-order valence-electron chi connectivity index (χ3n) is 2.68. The molecule has 16 heavy (non-hydrogen) atoms. The zero-order valence-corrected chi connectivity index (χ0v) is 9.22. The lowest BCUT2D eigenvalue weighted by Gasteiger charge is -2.21. The van der Waals surface area contributed by atoms with Crippen molar-refractivity contribution in [3.63, 3.8) is 0 Å². The van der Waals surface area contributed by atoms with Crippen molar-refractivity contribution in [3.8, 4) is 0 Å². The number of ketones is 1. The normalized spacial score (nSPS) is 20.6. The molecule has 0 aromatic heterocycles. The number of carbonyl (C=O) groups is 1. The predicted octanol–water partition coefficient (Wildman–Crippen LogP) is 1.60. The monoisotopic (exact) mass is 220 g/mol.